The zero-order chi connectivity index (χ0) is 15.2. The first kappa shape index (κ1) is 16.9. The highest BCUT2D eigenvalue weighted by Crippen LogP contribution is 2.21. The Morgan fingerprint density at radius 3 is 2.25 bits per heavy atom. The predicted molar refractivity (Wildman–Crippen MR) is 71.3 cm³/mol. The molecule has 0 spiro atoms. The Morgan fingerprint density at radius 2 is 1.75 bits per heavy atom. The predicted octanol–water partition coefficient (Wildman–Crippen LogP) is 0.154. The number of methoxy groups -OCH3 is 2. The van der Waals surface area contributed by atoms with Crippen LogP contribution in [0.1, 0.15) is 25.7 Å². The van der Waals surface area contributed by atoms with E-state index in [-0.39, 0.29) is 30.5 Å². The van der Waals surface area contributed by atoms with Crippen molar-refractivity contribution in [1.82, 2.24) is 4.31 Å². The maximum atomic E-state index is 12.1. The van der Waals surface area contributed by atoms with Crippen LogP contribution in [0, 0.1) is 5.92 Å². The number of hydrogen-bond donors (Lipinski definition) is 0. The lowest BCUT2D eigenvalue weighted by atomic mass is 9.99. The van der Waals surface area contributed by atoms with Gasteiger partial charge in [0.05, 0.1) is 25.9 Å². The lowest BCUT2D eigenvalue weighted by Gasteiger charge is -2.29. The Bertz CT molecular complexity index is 439. The molecule has 0 aromatic carbocycles. The van der Waals surface area contributed by atoms with E-state index in [0.717, 1.165) is 0 Å². The van der Waals surface area contributed by atoms with Gasteiger partial charge in [-0.1, -0.05) is 0 Å². The van der Waals surface area contributed by atoms with E-state index in [0.29, 0.717) is 25.9 Å². The van der Waals surface area contributed by atoms with E-state index in [2.05, 4.69) is 9.47 Å². The summed E-state index contributed by atoms with van der Waals surface area (Å²) in [5, 5.41) is 0. The van der Waals surface area contributed by atoms with E-state index in [9.17, 15) is 18.0 Å². The standard InChI is InChI=1S/C12H21NO6S/c1-18-11(14)4-3-9-20(16,17)13-7-5-10(6-8-13)12(15)19-2/h10H,3-9H2,1-2H3. The third kappa shape index (κ3) is 4.75. The van der Waals surface area contributed by atoms with Crippen molar-refractivity contribution in [2.45, 2.75) is 25.7 Å². The first-order valence-corrected chi connectivity index (χ1v) is 8.14. The van der Waals surface area contributed by atoms with Gasteiger partial charge in [-0.2, -0.15) is 0 Å². The molecule has 0 aromatic rings. The topological polar surface area (TPSA) is 90.0 Å². The van der Waals surface area contributed by atoms with E-state index in [1.807, 2.05) is 0 Å². The fourth-order valence-corrected chi connectivity index (χ4v) is 3.70. The Hall–Kier alpha value is -1.15. The second-order valence-electron chi connectivity index (χ2n) is 4.69. The number of carbonyl (C=O) groups is 2. The summed E-state index contributed by atoms with van der Waals surface area (Å²) in [5.41, 5.74) is 0. The normalized spacial score (nSPS) is 17.7. The molecular weight excluding hydrogens is 286 g/mol. The first-order chi connectivity index (χ1) is 9.40. The van der Waals surface area contributed by atoms with Gasteiger partial charge >= 0.3 is 11.9 Å². The van der Waals surface area contributed by atoms with E-state index in [1.54, 1.807) is 0 Å². The monoisotopic (exact) mass is 307 g/mol. The van der Waals surface area contributed by atoms with Crippen molar-refractivity contribution in [2.75, 3.05) is 33.1 Å². The van der Waals surface area contributed by atoms with Gasteiger partial charge in [0.1, 0.15) is 0 Å². The van der Waals surface area contributed by atoms with Gasteiger partial charge in [0.15, 0.2) is 0 Å². The fraction of sp³-hybridized carbons (Fsp3) is 0.833. The number of ether oxygens (including phenoxy) is 2. The van der Waals surface area contributed by atoms with Crippen LogP contribution in [-0.4, -0.2) is 57.7 Å². The van der Waals surface area contributed by atoms with Crippen molar-refractivity contribution in [3.63, 3.8) is 0 Å². The molecule has 1 aliphatic rings. The third-order valence-corrected chi connectivity index (χ3v) is 5.35. The molecular formula is C12H21NO6S. The van der Waals surface area contributed by atoms with Crippen LogP contribution in [0.4, 0.5) is 0 Å². The van der Waals surface area contributed by atoms with E-state index < -0.39 is 16.0 Å². The van der Waals surface area contributed by atoms with Gasteiger partial charge < -0.3 is 9.47 Å². The van der Waals surface area contributed by atoms with Crippen molar-refractivity contribution < 1.29 is 27.5 Å². The molecule has 7 nitrogen and oxygen atoms in total. The second kappa shape index (κ2) is 7.58. The number of carbonyl (C=O) groups excluding carboxylic acids is 2. The smallest absolute Gasteiger partial charge is 0.308 e. The maximum absolute atomic E-state index is 12.1. The molecule has 0 amide bonds. The van der Waals surface area contributed by atoms with Gasteiger partial charge in [0.2, 0.25) is 10.0 Å². The average molecular weight is 307 g/mol. The molecule has 0 unspecified atom stereocenters. The highest BCUT2D eigenvalue weighted by Gasteiger charge is 2.31. The minimum absolute atomic E-state index is 0.0784. The Balaban J connectivity index is 2.42. The van der Waals surface area contributed by atoms with Gasteiger partial charge in [0, 0.05) is 19.5 Å². The van der Waals surface area contributed by atoms with Crippen molar-refractivity contribution in [1.29, 1.82) is 0 Å². The number of esters is 2. The van der Waals surface area contributed by atoms with Crippen LogP contribution in [-0.2, 0) is 29.1 Å². The summed E-state index contributed by atoms with van der Waals surface area (Å²) < 4.78 is 34.6. The third-order valence-electron chi connectivity index (χ3n) is 3.39. The lowest BCUT2D eigenvalue weighted by molar-refractivity contribution is -0.146. The summed E-state index contributed by atoms with van der Waals surface area (Å²) in [4.78, 5) is 22.3. The molecule has 116 valence electrons. The first-order valence-electron chi connectivity index (χ1n) is 6.53. The molecule has 1 saturated heterocycles. The van der Waals surface area contributed by atoms with Crippen molar-refractivity contribution in [3.05, 3.63) is 0 Å². The molecule has 0 radical (unpaired) electrons. The van der Waals surface area contributed by atoms with Crippen LogP contribution < -0.4 is 0 Å². The molecule has 1 fully saturated rings. The Labute approximate surface area is 119 Å². The largest absolute Gasteiger partial charge is 0.469 e. The van der Waals surface area contributed by atoms with Crippen LogP contribution in [0.2, 0.25) is 0 Å². The van der Waals surface area contributed by atoms with E-state index >= 15 is 0 Å². The molecule has 0 atom stereocenters. The van der Waals surface area contributed by atoms with E-state index in [4.69, 9.17) is 0 Å². The zero-order valence-corrected chi connectivity index (χ0v) is 12.6. The molecule has 0 aliphatic carbocycles. The number of nitrogens with zero attached hydrogens (tertiary/aromatic N) is 1. The highest BCUT2D eigenvalue weighted by atomic mass is 32.2. The van der Waals surface area contributed by atoms with Crippen LogP contribution in [0.15, 0.2) is 0 Å². The fourth-order valence-electron chi connectivity index (χ4n) is 2.17. The van der Waals surface area contributed by atoms with Gasteiger partial charge in [-0.15, -0.1) is 0 Å². The maximum Gasteiger partial charge on any atom is 0.308 e. The van der Waals surface area contributed by atoms with Gasteiger partial charge in [0.25, 0.3) is 0 Å². The number of piperidine rings is 1. The zero-order valence-electron chi connectivity index (χ0n) is 11.8. The molecule has 20 heavy (non-hydrogen) atoms. The molecule has 0 N–H and O–H groups in total. The van der Waals surface area contributed by atoms with Crippen LogP contribution in [0.25, 0.3) is 0 Å². The molecule has 1 aliphatic heterocycles. The van der Waals surface area contributed by atoms with Gasteiger partial charge in [-0.3, -0.25) is 9.59 Å². The van der Waals surface area contributed by atoms with Gasteiger partial charge in [-0.25, -0.2) is 12.7 Å². The van der Waals surface area contributed by atoms with Crippen LogP contribution >= 0.6 is 0 Å². The summed E-state index contributed by atoms with van der Waals surface area (Å²) in [7, 11) is -0.766. The van der Waals surface area contributed by atoms with Crippen molar-refractivity contribution in [3.8, 4) is 0 Å². The number of sulfonamides is 1. The van der Waals surface area contributed by atoms with Crippen LogP contribution in [0.3, 0.4) is 0 Å². The molecule has 8 heteroatoms. The van der Waals surface area contributed by atoms with Gasteiger partial charge in [-0.05, 0) is 19.3 Å². The number of hydrogen-bond acceptors (Lipinski definition) is 6. The minimum atomic E-state index is -3.37. The summed E-state index contributed by atoms with van der Waals surface area (Å²) in [5.74, 6) is -0.996. The van der Waals surface area contributed by atoms with E-state index in [1.165, 1.54) is 18.5 Å². The molecule has 0 aromatic heterocycles. The molecule has 0 saturated carbocycles. The summed E-state index contributed by atoms with van der Waals surface area (Å²) >= 11 is 0. The summed E-state index contributed by atoms with van der Waals surface area (Å²) in [6.07, 6.45) is 1.28. The van der Waals surface area contributed by atoms with Crippen molar-refractivity contribution >= 4 is 22.0 Å². The quantitative estimate of drug-likeness (QED) is 0.649. The minimum Gasteiger partial charge on any atom is -0.469 e. The Morgan fingerprint density at radius 1 is 1.15 bits per heavy atom. The second-order valence-corrected chi connectivity index (χ2v) is 6.78. The summed E-state index contributed by atoms with van der Waals surface area (Å²) in [6.45, 7) is 0.640. The summed E-state index contributed by atoms with van der Waals surface area (Å²) in [6, 6.07) is 0. The van der Waals surface area contributed by atoms with Crippen molar-refractivity contribution in [2.24, 2.45) is 5.92 Å². The molecule has 1 heterocycles. The highest BCUT2D eigenvalue weighted by molar-refractivity contribution is 7.89. The SMILES string of the molecule is COC(=O)CCCS(=O)(=O)N1CCC(C(=O)OC)CC1. The number of rotatable bonds is 6. The average Bonchev–Trinajstić information content (AvgIpc) is 2.46. The van der Waals surface area contributed by atoms with Crippen LogP contribution in [0.5, 0.6) is 0 Å². The lowest BCUT2D eigenvalue weighted by Crippen LogP contribution is -2.41. The Kier molecular flexibility index (Phi) is 6.41. The molecule has 0 bridgehead atoms. The molecule has 1 rings (SSSR count).